The van der Waals surface area contributed by atoms with Crippen molar-refractivity contribution in [3.8, 4) is 0 Å². The number of hydrogen-bond acceptors (Lipinski definition) is 5. The molecule has 0 N–H and O–H groups in total. The predicted octanol–water partition coefficient (Wildman–Crippen LogP) is 14.3. The minimum atomic E-state index is -2.67. The maximum atomic E-state index is 9.63. The molecule has 0 bridgehead atoms. The number of thioether (sulfide) groups is 1. The van der Waals surface area contributed by atoms with Crippen LogP contribution in [-0.4, -0.2) is 61.9 Å². The Kier molecular flexibility index (Phi) is 159. The van der Waals surface area contributed by atoms with Gasteiger partial charge in [-0.05, 0) is 12.5 Å². The van der Waals surface area contributed by atoms with Gasteiger partial charge in [-0.15, -0.1) is 0 Å². The van der Waals surface area contributed by atoms with Crippen LogP contribution in [0.3, 0.4) is 0 Å². The molecule has 0 radical (unpaired) electrons. The van der Waals surface area contributed by atoms with Gasteiger partial charge in [0.1, 0.15) is 9.84 Å². The quantitative estimate of drug-likeness (QED) is 0.180. The van der Waals surface area contributed by atoms with Crippen molar-refractivity contribution in [1.82, 2.24) is 0 Å². The zero-order chi connectivity index (χ0) is 39.6. The van der Waals surface area contributed by atoms with E-state index in [4.69, 9.17) is 0 Å². The summed E-state index contributed by atoms with van der Waals surface area (Å²) in [5, 5.41) is 0. The Balaban J connectivity index is -0.0000000375. The molecule has 0 aliphatic heterocycles. The lowest BCUT2D eigenvalue weighted by Crippen LogP contribution is -1.86. The molecule has 0 fully saturated rings. The van der Waals surface area contributed by atoms with Gasteiger partial charge in [0.15, 0.2) is 0 Å². The number of methoxy groups -OCH3 is 2. The standard InChI is InChI=1S/4C6H6.C2H6O2S.2C2H6O.C2H6S.5C2H6.2CH4/c4*1-2-4-6-5-3-1;1-5(2,3)4;3*1-3-2;5*1-2;;/h4*1-6H;1-2H3;3*1-2H3;5*1-2H3;2*1H4. The van der Waals surface area contributed by atoms with Crippen LogP contribution in [-0.2, 0) is 19.3 Å². The smallest absolute Gasteiger partial charge is 0.144 e. The van der Waals surface area contributed by atoms with Crippen molar-refractivity contribution in [3.63, 3.8) is 0 Å². The lowest BCUT2D eigenvalue weighted by atomic mass is 10.4. The molecule has 0 amide bonds. The number of ether oxygens (including phenoxy) is 2. The fourth-order valence-electron chi connectivity index (χ4n) is 1.54. The molecule has 4 aromatic rings. The second-order valence-corrected chi connectivity index (χ2v) is 10.1. The second kappa shape index (κ2) is 103. The second-order valence-electron chi connectivity index (χ2n) is 6.99. The van der Waals surface area contributed by atoms with Gasteiger partial charge in [-0.25, -0.2) is 8.42 Å². The monoisotopic (exact) mass is 743 g/mol. The molecule has 0 saturated heterocycles. The van der Waals surface area contributed by atoms with Gasteiger partial charge in [0, 0.05) is 41.0 Å². The molecule has 0 aromatic heterocycles. The van der Waals surface area contributed by atoms with Gasteiger partial charge >= 0.3 is 0 Å². The van der Waals surface area contributed by atoms with Crippen LogP contribution in [0.5, 0.6) is 0 Å². The first kappa shape index (κ1) is 76.8. The van der Waals surface area contributed by atoms with Crippen molar-refractivity contribution in [3.05, 3.63) is 146 Å². The molecule has 50 heavy (non-hydrogen) atoms. The van der Waals surface area contributed by atoms with Crippen LogP contribution < -0.4 is 0 Å². The highest BCUT2D eigenvalue weighted by molar-refractivity contribution is 7.97. The van der Waals surface area contributed by atoms with E-state index in [-0.39, 0.29) is 14.9 Å². The van der Waals surface area contributed by atoms with Crippen molar-refractivity contribution in [2.24, 2.45) is 0 Å². The largest absolute Gasteiger partial charge is 0.388 e. The Morgan fingerprint density at radius 1 is 0.320 bits per heavy atom. The lowest BCUT2D eigenvalue weighted by molar-refractivity contribution is 0.277. The molecule has 0 aliphatic rings. The van der Waals surface area contributed by atoms with Gasteiger partial charge in [-0.2, -0.15) is 11.8 Å². The Hall–Kier alpha value is -2.90. The van der Waals surface area contributed by atoms with Crippen LogP contribution in [0.4, 0.5) is 0 Å². The molecule has 0 saturated carbocycles. The van der Waals surface area contributed by atoms with Gasteiger partial charge in [0.2, 0.25) is 0 Å². The van der Waals surface area contributed by atoms with E-state index in [2.05, 4.69) is 9.47 Å². The number of rotatable bonds is 0. The molecule has 4 rings (SSSR count). The van der Waals surface area contributed by atoms with E-state index >= 15 is 0 Å². The highest BCUT2D eigenvalue weighted by atomic mass is 32.2. The Morgan fingerprint density at radius 3 is 0.360 bits per heavy atom. The van der Waals surface area contributed by atoms with Gasteiger partial charge in [-0.1, -0.05) is 230 Å². The third kappa shape index (κ3) is 197. The first-order valence-electron chi connectivity index (χ1n) is 16.6. The summed E-state index contributed by atoms with van der Waals surface area (Å²) in [5.41, 5.74) is 0. The number of sulfone groups is 1. The highest BCUT2D eigenvalue weighted by Gasteiger charge is 1.79. The first-order chi connectivity index (χ1) is 23.2. The summed E-state index contributed by atoms with van der Waals surface area (Å²) in [7, 11) is 3.83. The third-order valence-corrected chi connectivity index (χ3v) is 2.67. The summed E-state index contributed by atoms with van der Waals surface area (Å²) >= 11 is 1.75. The van der Waals surface area contributed by atoms with E-state index in [1.165, 1.54) is 0 Å². The van der Waals surface area contributed by atoms with Crippen molar-refractivity contribution in [2.75, 3.05) is 53.5 Å². The van der Waals surface area contributed by atoms with Crippen LogP contribution in [0.15, 0.2) is 146 Å². The van der Waals surface area contributed by atoms with Gasteiger partial charge in [-0.3, -0.25) is 0 Å². The normalized spacial score (nSPS) is 6.68. The summed E-state index contributed by atoms with van der Waals surface area (Å²) in [4.78, 5) is 0. The maximum Gasteiger partial charge on any atom is 0.144 e. The Bertz CT molecular complexity index is 681. The number of hydrogen-bond donors (Lipinski definition) is 0. The van der Waals surface area contributed by atoms with E-state index in [9.17, 15) is 8.42 Å². The van der Waals surface area contributed by atoms with Crippen LogP contribution in [0.25, 0.3) is 0 Å². The van der Waals surface area contributed by atoms with Crippen LogP contribution >= 0.6 is 11.8 Å². The van der Waals surface area contributed by atoms with E-state index in [1.807, 2.05) is 227 Å². The van der Waals surface area contributed by atoms with E-state index in [0.29, 0.717) is 0 Å². The van der Waals surface area contributed by atoms with E-state index in [1.54, 1.807) is 40.2 Å². The minimum absolute atomic E-state index is 0. The minimum Gasteiger partial charge on any atom is -0.388 e. The summed E-state index contributed by atoms with van der Waals surface area (Å²) in [5.74, 6) is 0. The average molecular weight is 743 g/mol. The molecule has 0 aliphatic carbocycles. The van der Waals surface area contributed by atoms with Crippen LogP contribution in [0, 0.1) is 0 Å². The molecule has 0 atom stereocenters. The summed E-state index contributed by atoms with van der Waals surface area (Å²) in [6, 6.07) is 48.0. The fraction of sp³-hybridized carbons (Fsp3) is 0.455. The molecule has 4 aromatic carbocycles. The summed E-state index contributed by atoms with van der Waals surface area (Å²) < 4.78 is 27.8. The summed E-state index contributed by atoms with van der Waals surface area (Å²) in [6.07, 6.45) is 6.40. The highest BCUT2D eigenvalue weighted by Crippen LogP contribution is 1.81. The SMILES string of the molecule is C.C.CC.CC.CC.CC.CC.COC.COC.CS(C)(=O)=O.CSC.c1ccccc1.c1ccccc1.c1ccccc1.c1ccccc1. The average Bonchev–Trinajstić information content (AvgIpc) is 3.17. The molecular formula is C44H86O4S2. The molecule has 0 spiro atoms. The zero-order valence-electron chi connectivity index (χ0n) is 34.3. The van der Waals surface area contributed by atoms with Gasteiger partial charge < -0.3 is 9.47 Å². The topological polar surface area (TPSA) is 52.6 Å². The van der Waals surface area contributed by atoms with Crippen molar-refractivity contribution < 1.29 is 17.9 Å². The first-order valence-corrected chi connectivity index (χ1v) is 20.5. The molecule has 0 heterocycles. The predicted molar refractivity (Wildman–Crippen MR) is 242 cm³/mol. The zero-order valence-corrected chi connectivity index (χ0v) is 35.9. The van der Waals surface area contributed by atoms with Gasteiger partial charge in [0.05, 0.1) is 0 Å². The molecule has 6 heteroatoms. The molecule has 0 unspecified atom stereocenters. The van der Waals surface area contributed by atoms with Gasteiger partial charge in [0.25, 0.3) is 0 Å². The molecule has 4 nitrogen and oxygen atoms in total. The van der Waals surface area contributed by atoms with Crippen molar-refractivity contribution in [1.29, 1.82) is 0 Å². The van der Waals surface area contributed by atoms with Crippen LogP contribution in [0.2, 0.25) is 0 Å². The summed E-state index contributed by atoms with van der Waals surface area (Å²) in [6.45, 7) is 20.0. The van der Waals surface area contributed by atoms with Crippen molar-refractivity contribution >= 4 is 21.6 Å². The molecular weight excluding hydrogens is 657 g/mol. The molecule has 298 valence electrons. The Labute approximate surface area is 321 Å². The lowest BCUT2D eigenvalue weighted by Gasteiger charge is -1.69. The maximum absolute atomic E-state index is 9.63. The van der Waals surface area contributed by atoms with Crippen LogP contribution in [0.1, 0.15) is 84.1 Å². The third-order valence-electron chi connectivity index (χ3n) is 2.67. The van der Waals surface area contributed by atoms with E-state index < -0.39 is 9.84 Å². The Morgan fingerprint density at radius 2 is 0.340 bits per heavy atom. The number of benzene rings is 4. The van der Waals surface area contributed by atoms with E-state index in [0.717, 1.165) is 12.5 Å². The fourth-order valence-corrected chi connectivity index (χ4v) is 1.54. The van der Waals surface area contributed by atoms with Crippen molar-refractivity contribution in [2.45, 2.75) is 84.1 Å².